The van der Waals surface area contributed by atoms with Gasteiger partial charge in [-0.05, 0) is 43.7 Å². The molecule has 2 rings (SSSR count). The zero-order valence-corrected chi connectivity index (χ0v) is 12.7. The van der Waals surface area contributed by atoms with E-state index in [-0.39, 0.29) is 0 Å². The second-order valence-electron chi connectivity index (χ2n) is 4.56. The molecule has 20 heavy (non-hydrogen) atoms. The number of halogens is 1. The molecular formula is C16H20ClN3. The number of hydrogen-bond donors (Lipinski definition) is 1. The molecule has 1 aromatic heterocycles. The molecule has 0 fully saturated rings. The SMILES string of the molecule is CCN(CC)c1ccc(CNc2ccc(Cl)nc2)cc1. The molecule has 0 bridgehead atoms. The molecule has 1 heterocycles. The fourth-order valence-electron chi connectivity index (χ4n) is 2.10. The van der Waals surface area contributed by atoms with E-state index in [1.807, 2.05) is 6.07 Å². The maximum Gasteiger partial charge on any atom is 0.129 e. The van der Waals surface area contributed by atoms with Crippen LogP contribution < -0.4 is 10.2 Å². The number of rotatable bonds is 6. The second-order valence-corrected chi connectivity index (χ2v) is 4.95. The predicted molar refractivity (Wildman–Crippen MR) is 86.6 cm³/mol. The summed E-state index contributed by atoms with van der Waals surface area (Å²) in [6, 6.07) is 12.4. The van der Waals surface area contributed by atoms with Crippen molar-refractivity contribution in [2.75, 3.05) is 23.3 Å². The Morgan fingerprint density at radius 2 is 1.75 bits per heavy atom. The van der Waals surface area contributed by atoms with Crippen LogP contribution in [0.15, 0.2) is 42.6 Å². The lowest BCUT2D eigenvalue weighted by atomic mass is 10.2. The number of benzene rings is 1. The monoisotopic (exact) mass is 289 g/mol. The average molecular weight is 290 g/mol. The molecule has 0 unspecified atom stereocenters. The number of aromatic nitrogens is 1. The minimum atomic E-state index is 0.513. The Labute approximate surface area is 125 Å². The van der Waals surface area contributed by atoms with Gasteiger partial charge >= 0.3 is 0 Å². The lowest BCUT2D eigenvalue weighted by molar-refractivity contribution is 0.865. The Balaban J connectivity index is 1.95. The maximum atomic E-state index is 5.76. The van der Waals surface area contributed by atoms with E-state index in [4.69, 9.17) is 11.6 Å². The van der Waals surface area contributed by atoms with Crippen LogP contribution in [-0.4, -0.2) is 18.1 Å². The Kier molecular flexibility index (Phi) is 5.24. The Morgan fingerprint density at radius 3 is 2.30 bits per heavy atom. The van der Waals surface area contributed by atoms with Crippen molar-refractivity contribution in [3.63, 3.8) is 0 Å². The quantitative estimate of drug-likeness (QED) is 0.808. The van der Waals surface area contributed by atoms with Gasteiger partial charge < -0.3 is 10.2 Å². The van der Waals surface area contributed by atoms with Gasteiger partial charge in [0.1, 0.15) is 5.15 Å². The summed E-state index contributed by atoms with van der Waals surface area (Å²) >= 11 is 5.76. The second kappa shape index (κ2) is 7.15. The molecule has 1 N–H and O–H groups in total. The van der Waals surface area contributed by atoms with Crippen molar-refractivity contribution >= 4 is 23.0 Å². The van der Waals surface area contributed by atoms with Crippen molar-refractivity contribution in [3.8, 4) is 0 Å². The topological polar surface area (TPSA) is 28.2 Å². The summed E-state index contributed by atoms with van der Waals surface area (Å²) in [5.74, 6) is 0. The highest BCUT2D eigenvalue weighted by Crippen LogP contribution is 2.16. The van der Waals surface area contributed by atoms with Crippen LogP contribution in [0.1, 0.15) is 19.4 Å². The van der Waals surface area contributed by atoms with Crippen LogP contribution in [-0.2, 0) is 6.54 Å². The van der Waals surface area contributed by atoms with Crippen LogP contribution in [0.5, 0.6) is 0 Å². The van der Waals surface area contributed by atoms with Crippen LogP contribution in [0, 0.1) is 0 Å². The van der Waals surface area contributed by atoms with E-state index in [0.717, 1.165) is 25.3 Å². The van der Waals surface area contributed by atoms with Gasteiger partial charge in [-0.2, -0.15) is 0 Å². The van der Waals surface area contributed by atoms with Gasteiger partial charge in [0.2, 0.25) is 0 Å². The fraction of sp³-hybridized carbons (Fsp3) is 0.312. The highest BCUT2D eigenvalue weighted by Gasteiger charge is 2.01. The molecule has 0 saturated heterocycles. The van der Waals surface area contributed by atoms with Crippen LogP contribution >= 0.6 is 11.6 Å². The Bertz CT molecular complexity index is 518. The summed E-state index contributed by atoms with van der Waals surface area (Å²) in [5.41, 5.74) is 3.49. The molecule has 0 spiro atoms. The van der Waals surface area contributed by atoms with Gasteiger partial charge in [-0.3, -0.25) is 0 Å². The van der Waals surface area contributed by atoms with E-state index >= 15 is 0 Å². The minimum Gasteiger partial charge on any atom is -0.380 e. The summed E-state index contributed by atoms with van der Waals surface area (Å²) in [4.78, 5) is 6.38. The molecule has 0 atom stereocenters. The predicted octanol–water partition coefficient (Wildman–Crippen LogP) is 4.19. The van der Waals surface area contributed by atoms with Crippen LogP contribution in [0.2, 0.25) is 5.15 Å². The number of pyridine rings is 1. The lowest BCUT2D eigenvalue weighted by Crippen LogP contribution is -2.21. The van der Waals surface area contributed by atoms with Crippen LogP contribution in [0.4, 0.5) is 11.4 Å². The molecule has 0 amide bonds. The first-order chi connectivity index (χ1) is 9.72. The van der Waals surface area contributed by atoms with Crippen molar-refractivity contribution in [3.05, 3.63) is 53.3 Å². The van der Waals surface area contributed by atoms with Gasteiger partial charge in [0.05, 0.1) is 11.9 Å². The van der Waals surface area contributed by atoms with Crippen molar-refractivity contribution in [1.29, 1.82) is 0 Å². The zero-order valence-electron chi connectivity index (χ0n) is 11.9. The van der Waals surface area contributed by atoms with Gasteiger partial charge in [0, 0.05) is 25.3 Å². The first-order valence-electron chi connectivity index (χ1n) is 6.92. The van der Waals surface area contributed by atoms with Crippen molar-refractivity contribution in [2.45, 2.75) is 20.4 Å². The number of hydrogen-bond acceptors (Lipinski definition) is 3. The fourth-order valence-corrected chi connectivity index (χ4v) is 2.21. The highest BCUT2D eigenvalue weighted by atomic mass is 35.5. The number of nitrogens with zero attached hydrogens (tertiary/aromatic N) is 2. The molecule has 0 saturated carbocycles. The molecule has 1 aromatic carbocycles. The third-order valence-electron chi connectivity index (χ3n) is 3.29. The highest BCUT2D eigenvalue weighted by molar-refractivity contribution is 6.29. The van der Waals surface area contributed by atoms with E-state index in [9.17, 15) is 0 Å². The molecular weight excluding hydrogens is 270 g/mol. The van der Waals surface area contributed by atoms with Gasteiger partial charge in [-0.1, -0.05) is 23.7 Å². The third-order valence-corrected chi connectivity index (χ3v) is 3.51. The molecule has 0 aliphatic rings. The number of nitrogens with one attached hydrogen (secondary N) is 1. The number of anilines is 2. The van der Waals surface area contributed by atoms with E-state index in [2.05, 4.69) is 53.3 Å². The van der Waals surface area contributed by atoms with Gasteiger partial charge in [-0.15, -0.1) is 0 Å². The van der Waals surface area contributed by atoms with Gasteiger partial charge in [0.15, 0.2) is 0 Å². The molecule has 106 valence electrons. The summed E-state index contributed by atoms with van der Waals surface area (Å²) in [5, 5.41) is 3.84. The smallest absolute Gasteiger partial charge is 0.129 e. The van der Waals surface area contributed by atoms with E-state index in [0.29, 0.717) is 5.15 Å². The molecule has 3 nitrogen and oxygen atoms in total. The Morgan fingerprint density at radius 1 is 1.05 bits per heavy atom. The maximum absolute atomic E-state index is 5.76. The van der Waals surface area contributed by atoms with Crippen LogP contribution in [0.3, 0.4) is 0 Å². The normalized spacial score (nSPS) is 10.3. The summed E-state index contributed by atoms with van der Waals surface area (Å²) in [6.07, 6.45) is 1.74. The summed E-state index contributed by atoms with van der Waals surface area (Å²) < 4.78 is 0. The standard InChI is InChI=1S/C16H20ClN3/c1-3-20(4-2)15-8-5-13(6-9-15)11-18-14-7-10-16(17)19-12-14/h5-10,12,18H,3-4,11H2,1-2H3. The van der Waals surface area contributed by atoms with Crippen molar-refractivity contribution in [2.24, 2.45) is 0 Å². The largest absolute Gasteiger partial charge is 0.380 e. The summed E-state index contributed by atoms with van der Waals surface area (Å²) in [7, 11) is 0. The minimum absolute atomic E-state index is 0.513. The molecule has 4 heteroatoms. The third kappa shape index (κ3) is 3.87. The van der Waals surface area contributed by atoms with E-state index in [1.54, 1.807) is 12.3 Å². The van der Waals surface area contributed by atoms with Gasteiger partial charge in [-0.25, -0.2) is 4.98 Å². The molecule has 0 aliphatic heterocycles. The molecule has 0 aliphatic carbocycles. The van der Waals surface area contributed by atoms with Crippen LogP contribution in [0.25, 0.3) is 0 Å². The van der Waals surface area contributed by atoms with Crippen molar-refractivity contribution in [1.82, 2.24) is 4.98 Å². The van der Waals surface area contributed by atoms with E-state index < -0.39 is 0 Å². The zero-order chi connectivity index (χ0) is 14.4. The van der Waals surface area contributed by atoms with Gasteiger partial charge in [0.25, 0.3) is 0 Å². The summed E-state index contributed by atoms with van der Waals surface area (Å²) in [6.45, 7) is 7.19. The lowest BCUT2D eigenvalue weighted by Gasteiger charge is -2.21. The Hall–Kier alpha value is -1.74. The van der Waals surface area contributed by atoms with E-state index in [1.165, 1.54) is 11.3 Å². The molecule has 2 aromatic rings. The first-order valence-corrected chi connectivity index (χ1v) is 7.30. The first kappa shape index (κ1) is 14.7. The average Bonchev–Trinajstić information content (AvgIpc) is 2.49. The molecule has 0 radical (unpaired) electrons. The van der Waals surface area contributed by atoms with Crippen molar-refractivity contribution < 1.29 is 0 Å².